The first kappa shape index (κ1) is 13.0. The van der Waals surface area contributed by atoms with Gasteiger partial charge >= 0.3 is 0 Å². The van der Waals surface area contributed by atoms with Crippen LogP contribution in [0, 0.1) is 0 Å². The molecule has 1 saturated heterocycles. The Morgan fingerprint density at radius 3 is 2.56 bits per heavy atom. The zero-order valence-electron chi connectivity index (χ0n) is 10.1. The molecule has 0 bridgehead atoms. The van der Waals surface area contributed by atoms with Crippen molar-refractivity contribution in [2.45, 2.75) is 32.7 Å². The van der Waals surface area contributed by atoms with E-state index in [1.54, 1.807) is 4.90 Å². The predicted octanol–water partition coefficient (Wildman–Crippen LogP) is -0.277. The molecule has 1 aliphatic rings. The van der Waals surface area contributed by atoms with E-state index in [1.165, 1.54) is 0 Å². The van der Waals surface area contributed by atoms with Crippen LogP contribution in [0.3, 0.4) is 0 Å². The first-order valence-corrected chi connectivity index (χ1v) is 5.97. The van der Waals surface area contributed by atoms with Crippen molar-refractivity contribution in [1.29, 1.82) is 0 Å². The van der Waals surface area contributed by atoms with E-state index in [1.807, 2.05) is 13.8 Å². The molecule has 1 aliphatic heterocycles. The third kappa shape index (κ3) is 3.48. The maximum atomic E-state index is 11.6. The lowest BCUT2D eigenvalue weighted by atomic mass is 10.2. The minimum absolute atomic E-state index is 0.0173. The minimum atomic E-state index is -0.107. The lowest BCUT2D eigenvalue weighted by molar-refractivity contribution is -0.133. The van der Waals surface area contributed by atoms with Crippen LogP contribution in [0.25, 0.3) is 0 Å². The van der Waals surface area contributed by atoms with E-state index in [-0.39, 0.29) is 24.4 Å². The van der Waals surface area contributed by atoms with Crippen LogP contribution in [0.2, 0.25) is 0 Å². The summed E-state index contributed by atoms with van der Waals surface area (Å²) < 4.78 is 0. The van der Waals surface area contributed by atoms with Gasteiger partial charge in [0.05, 0.1) is 12.6 Å². The number of amides is 2. The second-order valence-electron chi connectivity index (χ2n) is 3.93. The molecule has 1 fully saturated rings. The van der Waals surface area contributed by atoms with Crippen LogP contribution < -0.4 is 10.6 Å². The van der Waals surface area contributed by atoms with Crippen LogP contribution >= 0.6 is 0 Å². The molecule has 0 unspecified atom stereocenters. The smallest absolute Gasteiger partial charge is 0.241 e. The number of nitrogens with zero attached hydrogens (tertiary/aromatic N) is 1. The van der Waals surface area contributed by atoms with Crippen molar-refractivity contribution in [3.05, 3.63) is 0 Å². The van der Waals surface area contributed by atoms with Gasteiger partial charge in [0.2, 0.25) is 11.8 Å². The summed E-state index contributed by atoms with van der Waals surface area (Å²) in [7, 11) is 0. The van der Waals surface area contributed by atoms with E-state index in [0.29, 0.717) is 13.1 Å². The standard InChI is InChI=1S/C11H21N3O2/c1-3-14(4-2)10(15)8-13-11(16)9-6-5-7-12-9/h9,12H,3-8H2,1-2H3,(H,13,16)/t9-/m1/s1. The molecule has 0 aromatic rings. The van der Waals surface area contributed by atoms with Crippen molar-refractivity contribution in [3.63, 3.8) is 0 Å². The zero-order valence-corrected chi connectivity index (χ0v) is 10.1. The summed E-state index contributed by atoms with van der Waals surface area (Å²) in [5.41, 5.74) is 0. The monoisotopic (exact) mass is 227 g/mol. The first-order valence-electron chi connectivity index (χ1n) is 5.97. The van der Waals surface area contributed by atoms with Crippen molar-refractivity contribution in [2.24, 2.45) is 0 Å². The predicted molar refractivity (Wildman–Crippen MR) is 62.0 cm³/mol. The molecule has 0 aromatic heterocycles. The Morgan fingerprint density at radius 1 is 1.38 bits per heavy atom. The number of carbonyl (C=O) groups is 2. The Kier molecular flexibility index (Phi) is 5.25. The fraction of sp³-hybridized carbons (Fsp3) is 0.818. The molecule has 0 aromatic carbocycles. The number of rotatable bonds is 5. The summed E-state index contributed by atoms with van der Waals surface area (Å²) >= 11 is 0. The highest BCUT2D eigenvalue weighted by atomic mass is 16.2. The van der Waals surface area contributed by atoms with Crippen molar-refractivity contribution in [2.75, 3.05) is 26.2 Å². The lowest BCUT2D eigenvalue weighted by Crippen LogP contribution is -2.45. The fourth-order valence-corrected chi connectivity index (χ4v) is 1.88. The molecule has 0 saturated carbocycles. The Bertz CT molecular complexity index is 232. The number of likely N-dealkylation sites (N-methyl/N-ethyl adjacent to an activating group) is 1. The second kappa shape index (κ2) is 6.48. The van der Waals surface area contributed by atoms with E-state index in [4.69, 9.17) is 0 Å². The topological polar surface area (TPSA) is 61.4 Å². The molecule has 2 amide bonds. The molecular formula is C11H21N3O2. The number of hydrogen-bond acceptors (Lipinski definition) is 3. The van der Waals surface area contributed by atoms with Gasteiger partial charge in [0.15, 0.2) is 0 Å². The van der Waals surface area contributed by atoms with Crippen LogP contribution in [-0.4, -0.2) is 48.9 Å². The number of carbonyl (C=O) groups excluding carboxylic acids is 2. The maximum absolute atomic E-state index is 11.6. The Hall–Kier alpha value is -1.10. The molecule has 0 aliphatic carbocycles. The highest BCUT2D eigenvalue weighted by Crippen LogP contribution is 2.04. The van der Waals surface area contributed by atoms with E-state index in [9.17, 15) is 9.59 Å². The summed E-state index contributed by atoms with van der Waals surface area (Å²) in [6.45, 7) is 6.24. The van der Waals surface area contributed by atoms with Crippen molar-refractivity contribution in [3.8, 4) is 0 Å². The van der Waals surface area contributed by atoms with Gasteiger partial charge in [0.25, 0.3) is 0 Å². The molecule has 92 valence electrons. The number of nitrogens with one attached hydrogen (secondary N) is 2. The molecule has 5 heteroatoms. The summed E-state index contributed by atoms with van der Waals surface area (Å²) in [4.78, 5) is 24.9. The summed E-state index contributed by atoms with van der Waals surface area (Å²) in [5.74, 6) is -0.0747. The van der Waals surface area contributed by atoms with Gasteiger partial charge in [-0.05, 0) is 33.2 Å². The lowest BCUT2D eigenvalue weighted by Gasteiger charge is -2.19. The van der Waals surface area contributed by atoms with Crippen molar-refractivity contribution < 1.29 is 9.59 Å². The fourth-order valence-electron chi connectivity index (χ4n) is 1.88. The van der Waals surface area contributed by atoms with Crippen molar-refractivity contribution >= 4 is 11.8 Å². The normalized spacial score (nSPS) is 19.5. The van der Waals surface area contributed by atoms with Gasteiger partial charge in [-0.15, -0.1) is 0 Å². The van der Waals surface area contributed by atoms with Gasteiger partial charge in [-0.2, -0.15) is 0 Å². The summed E-state index contributed by atoms with van der Waals surface area (Å²) in [6.07, 6.45) is 1.90. The van der Waals surface area contributed by atoms with E-state index >= 15 is 0 Å². The van der Waals surface area contributed by atoms with Crippen LogP contribution in [0.4, 0.5) is 0 Å². The van der Waals surface area contributed by atoms with Crippen molar-refractivity contribution in [1.82, 2.24) is 15.5 Å². The molecule has 0 radical (unpaired) electrons. The molecule has 0 spiro atoms. The average molecular weight is 227 g/mol. The highest BCUT2D eigenvalue weighted by molar-refractivity contribution is 5.87. The Balaban J connectivity index is 2.27. The summed E-state index contributed by atoms with van der Waals surface area (Å²) in [5, 5.41) is 5.78. The minimum Gasteiger partial charge on any atom is -0.346 e. The molecule has 1 atom stereocenters. The molecule has 1 heterocycles. The quantitative estimate of drug-likeness (QED) is 0.679. The van der Waals surface area contributed by atoms with Crippen LogP contribution in [0.5, 0.6) is 0 Å². The zero-order chi connectivity index (χ0) is 12.0. The van der Waals surface area contributed by atoms with Gasteiger partial charge < -0.3 is 15.5 Å². The van der Waals surface area contributed by atoms with Crippen LogP contribution in [-0.2, 0) is 9.59 Å². The van der Waals surface area contributed by atoms with Gasteiger partial charge in [0.1, 0.15) is 0 Å². The third-order valence-electron chi connectivity index (χ3n) is 2.91. The van der Waals surface area contributed by atoms with Gasteiger partial charge in [-0.1, -0.05) is 0 Å². The average Bonchev–Trinajstić information content (AvgIpc) is 2.81. The van der Waals surface area contributed by atoms with E-state index in [0.717, 1.165) is 19.4 Å². The number of hydrogen-bond donors (Lipinski definition) is 2. The Morgan fingerprint density at radius 2 is 2.06 bits per heavy atom. The SMILES string of the molecule is CCN(CC)C(=O)CNC(=O)[C@H]1CCCN1. The molecular weight excluding hydrogens is 206 g/mol. The second-order valence-corrected chi connectivity index (χ2v) is 3.93. The molecule has 5 nitrogen and oxygen atoms in total. The first-order chi connectivity index (χ1) is 7.69. The van der Waals surface area contributed by atoms with E-state index < -0.39 is 0 Å². The Labute approximate surface area is 96.6 Å². The molecule has 16 heavy (non-hydrogen) atoms. The van der Waals surface area contributed by atoms with E-state index in [2.05, 4.69) is 10.6 Å². The largest absolute Gasteiger partial charge is 0.346 e. The van der Waals surface area contributed by atoms with Gasteiger partial charge in [-0.3, -0.25) is 9.59 Å². The molecule has 2 N–H and O–H groups in total. The summed E-state index contributed by atoms with van der Waals surface area (Å²) in [6, 6.07) is -0.107. The highest BCUT2D eigenvalue weighted by Gasteiger charge is 2.22. The van der Waals surface area contributed by atoms with Gasteiger partial charge in [-0.25, -0.2) is 0 Å². The molecule has 1 rings (SSSR count). The maximum Gasteiger partial charge on any atom is 0.241 e. The van der Waals surface area contributed by atoms with Crippen LogP contribution in [0.15, 0.2) is 0 Å². The van der Waals surface area contributed by atoms with Crippen LogP contribution in [0.1, 0.15) is 26.7 Å². The third-order valence-corrected chi connectivity index (χ3v) is 2.91. The van der Waals surface area contributed by atoms with Gasteiger partial charge in [0, 0.05) is 13.1 Å².